The zero-order chi connectivity index (χ0) is 13.7. The lowest BCUT2D eigenvalue weighted by molar-refractivity contribution is -0.0686. The number of nitrogens with zero attached hydrogens (tertiary/aromatic N) is 1. The number of aromatic nitrogens is 1. The zero-order valence-corrected chi connectivity index (χ0v) is 12.4. The molecule has 0 spiro atoms. The Balaban J connectivity index is 2.35. The van der Waals surface area contributed by atoms with Gasteiger partial charge < -0.3 is 10.1 Å². The van der Waals surface area contributed by atoms with Gasteiger partial charge in [-0.25, -0.2) is 0 Å². The van der Waals surface area contributed by atoms with Crippen molar-refractivity contribution in [2.75, 3.05) is 13.7 Å². The third-order valence-electron chi connectivity index (χ3n) is 4.43. The van der Waals surface area contributed by atoms with Gasteiger partial charge in [-0.2, -0.15) is 0 Å². The van der Waals surface area contributed by atoms with Gasteiger partial charge >= 0.3 is 0 Å². The molecule has 0 saturated heterocycles. The van der Waals surface area contributed by atoms with Crippen LogP contribution in [0, 0.1) is 6.92 Å². The quantitative estimate of drug-likeness (QED) is 0.883. The van der Waals surface area contributed by atoms with E-state index in [9.17, 15) is 0 Å². The molecule has 1 N–H and O–H groups in total. The molecule has 1 heterocycles. The third-order valence-corrected chi connectivity index (χ3v) is 4.43. The van der Waals surface area contributed by atoms with E-state index < -0.39 is 0 Å². The van der Waals surface area contributed by atoms with Gasteiger partial charge in [-0.3, -0.25) is 4.98 Å². The molecule has 1 aromatic heterocycles. The Morgan fingerprint density at radius 1 is 1.37 bits per heavy atom. The smallest absolute Gasteiger partial charge is 0.0873 e. The molecule has 1 unspecified atom stereocenters. The van der Waals surface area contributed by atoms with Crippen LogP contribution in [0.15, 0.2) is 18.5 Å². The van der Waals surface area contributed by atoms with Crippen LogP contribution in [0.3, 0.4) is 0 Å². The maximum absolute atomic E-state index is 6.01. The number of hydrogen-bond acceptors (Lipinski definition) is 3. The van der Waals surface area contributed by atoms with Crippen molar-refractivity contribution in [2.24, 2.45) is 0 Å². The molecule has 1 saturated carbocycles. The topological polar surface area (TPSA) is 34.2 Å². The summed E-state index contributed by atoms with van der Waals surface area (Å²) >= 11 is 0. The van der Waals surface area contributed by atoms with Crippen LogP contribution in [0.4, 0.5) is 0 Å². The number of nitrogens with one attached hydrogen (secondary N) is 1. The molecule has 2 rings (SSSR count). The molecule has 19 heavy (non-hydrogen) atoms. The summed E-state index contributed by atoms with van der Waals surface area (Å²) in [5.74, 6) is 0. The van der Waals surface area contributed by atoms with E-state index >= 15 is 0 Å². The fourth-order valence-electron chi connectivity index (χ4n) is 3.32. The highest BCUT2D eigenvalue weighted by Crippen LogP contribution is 2.41. The fraction of sp³-hybridized carbons (Fsp3) is 0.688. The Bertz CT molecular complexity index is 399. The van der Waals surface area contributed by atoms with Crippen LogP contribution in [-0.2, 0) is 4.74 Å². The second-order valence-corrected chi connectivity index (χ2v) is 5.55. The van der Waals surface area contributed by atoms with Crippen LogP contribution >= 0.6 is 0 Å². The second kappa shape index (κ2) is 6.49. The van der Waals surface area contributed by atoms with Crippen molar-refractivity contribution in [3.05, 3.63) is 29.6 Å². The van der Waals surface area contributed by atoms with Crippen molar-refractivity contribution < 1.29 is 4.74 Å². The summed E-state index contributed by atoms with van der Waals surface area (Å²) in [5.41, 5.74) is 2.51. The van der Waals surface area contributed by atoms with Crippen molar-refractivity contribution in [3.8, 4) is 0 Å². The average Bonchev–Trinajstić information content (AvgIpc) is 2.46. The SMILES string of the molecule is CCNC(c1cnccc1C)C1(OC)CCCCC1. The third kappa shape index (κ3) is 2.98. The van der Waals surface area contributed by atoms with E-state index in [2.05, 4.69) is 30.2 Å². The molecule has 0 amide bonds. The van der Waals surface area contributed by atoms with Crippen molar-refractivity contribution in [1.82, 2.24) is 10.3 Å². The van der Waals surface area contributed by atoms with Crippen LogP contribution in [0.2, 0.25) is 0 Å². The van der Waals surface area contributed by atoms with Gasteiger partial charge in [0.05, 0.1) is 11.6 Å². The lowest BCUT2D eigenvalue weighted by atomic mass is 9.76. The Morgan fingerprint density at radius 3 is 2.68 bits per heavy atom. The molecule has 0 radical (unpaired) electrons. The van der Waals surface area contributed by atoms with Gasteiger partial charge in [-0.15, -0.1) is 0 Å². The van der Waals surface area contributed by atoms with Crippen LogP contribution in [0.1, 0.15) is 56.2 Å². The maximum atomic E-state index is 6.01. The van der Waals surface area contributed by atoms with Gasteiger partial charge in [0.1, 0.15) is 0 Å². The first-order chi connectivity index (χ1) is 9.23. The molecule has 0 bridgehead atoms. The predicted octanol–water partition coefficient (Wildman–Crippen LogP) is 3.39. The standard InChI is InChI=1S/C16H26N2O/c1-4-18-15(14-12-17-11-8-13(14)2)16(19-3)9-6-5-7-10-16/h8,11-12,15,18H,4-7,9-10H2,1-3H3. The number of aryl methyl sites for hydroxylation is 1. The van der Waals surface area contributed by atoms with E-state index in [1.807, 2.05) is 19.5 Å². The van der Waals surface area contributed by atoms with Crippen molar-refractivity contribution in [1.29, 1.82) is 0 Å². The van der Waals surface area contributed by atoms with Crippen LogP contribution in [0.25, 0.3) is 0 Å². The van der Waals surface area contributed by atoms with Gasteiger partial charge in [-0.05, 0) is 43.5 Å². The van der Waals surface area contributed by atoms with Crippen molar-refractivity contribution in [3.63, 3.8) is 0 Å². The van der Waals surface area contributed by atoms with Gasteiger partial charge in [-0.1, -0.05) is 26.2 Å². The highest BCUT2D eigenvalue weighted by atomic mass is 16.5. The van der Waals surface area contributed by atoms with E-state index in [0.29, 0.717) is 0 Å². The fourth-order valence-corrected chi connectivity index (χ4v) is 3.32. The zero-order valence-electron chi connectivity index (χ0n) is 12.4. The highest BCUT2D eigenvalue weighted by molar-refractivity contribution is 5.28. The molecule has 1 atom stereocenters. The number of likely N-dealkylation sites (N-methyl/N-ethyl adjacent to an activating group) is 1. The molecule has 3 heteroatoms. The Labute approximate surface area is 116 Å². The van der Waals surface area contributed by atoms with Gasteiger partial charge in [0.25, 0.3) is 0 Å². The summed E-state index contributed by atoms with van der Waals surface area (Å²) in [5, 5.41) is 3.64. The summed E-state index contributed by atoms with van der Waals surface area (Å²) in [4.78, 5) is 4.31. The van der Waals surface area contributed by atoms with Crippen LogP contribution < -0.4 is 5.32 Å². The summed E-state index contributed by atoms with van der Waals surface area (Å²) < 4.78 is 6.01. The normalized spacial score (nSPS) is 20.2. The first-order valence-corrected chi connectivity index (χ1v) is 7.42. The molecular formula is C16H26N2O. The predicted molar refractivity (Wildman–Crippen MR) is 78.2 cm³/mol. The number of pyridine rings is 1. The van der Waals surface area contributed by atoms with E-state index in [1.165, 1.54) is 30.4 Å². The molecule has 1 aliphatic carbocycles. The van der Waals surface area contributed by atoms with E-state index in [4.69, 9.17) is 4.74 Å². The molecule has 0 aromatic carbocycles. The molecule has 1 aliphatic rings. The van der Waals surface area contributed by atoms with Gasteiger partial charge in [0.15, 0.2) is 0 Å². The number of rotatable bonds is 5. The summed E-state index contributed by atoms with van der Waals surface area (Å²) in [7, 11) is 1.86. The number of hydrogen-bond donors (Lipinski definition) is 1. The second-order valence-electron chi connectivity index (χ2n) is 5.55. The monoisotopic (exact) mass is 262 g/mol. The first-order valence-electron chi connectivity index (χ1n) is 7.42. The van der Waals surface area contributed by atoms with Crippen molar-refractivity contribution in [2.45, 2.75) is 57.6 Å². The average molecular weight is 262 g/mol. The maximum Gasteiger partial charge on any atom is 0.0873 e. The Kier molecular flexibility index (Phi) is 4.94. The van der Waals surface area contributed by atoms with Crippen LogP contribution in [-0.4, -0.2) is 24.2 Å². The van der Waals surface area contributed by atoms with E-state index in [0.717, 1.165) is 19.4 Å². The Morgan fingerprint density at radius 2 is 2.11 bits per heavy atom. The summed E-state index contributed by atoms with van der Waals surface area (Å²) in [6.07, 6.45) is 9.98. The minimum Gasteiger partial charge on any atom is -0.376 e. The minimum atomic E-state index is -0.0674. The summed E-state index contributed by atoms with van der Waals surface area (Å²) in [6.45, 7) is 5.27. The lowest BCUT2D eigenvalue weighted by Crippen LogP contribution is -2.47. The molecule has 106 valence electrons. The van der Waals surface area contributed by atoms with E-state index in [-0.39, 0.29) is 11.6 Å². The largest absolute Gasteiger partial charge is 0.376 e. The molecule has 0 aliphatic heterocycles. The lowest BCUT2D eigenvalue weighted by Gasteiger charge is -2.43. The van der Waals surface area contributed by atoms with Gasteiger partial charge in [0.2, 0.25) is 0 Å². The summed E-state index contributed by atoms with van der Waals surface area (Å²) in [6, 6.07) is 2.34. The van der Waals surface area contributed by atoms with E-state index in [1.54, 1.807) is 0 Å². The molecule has 3 nitrogen and oxygen atoms in total. The van der Waals surface area contributed by atoms with Gasteiger partial charge in [0, 0.05) is 19.5 Å². The number of ether oxygens (including phenoxy) is 1. The molecular weight excluding hydrogens is 236 g/mol. The van der Waals surface area contributed by atoms with Crippen LogP contribution in [0.5, 0.6) is 0 Å². The molecule has 1 aromatic rings. The minimum absolute atomic E-state index is 0.0674. The highest BCUT2D eigenvalue weighted by Gasteiger charge is 2.41. The molecule has 1 fully saturated rings. The number of methoxy groups -OCH3 is 1. The first kappa shape index (κ1) is 14.5. The Hall–Kier alpha value is -0.930. The van der Waals surface area contributed by atoms with Crippen molar-refractivity contribution >= 4 is 0 Å².